The van der Waals surface area contributed by atoms with E-state index in [2.05, 4.69) is 24.4 Å². The normalized spacial score (nSPS) is 12.5. The van der Waals surface area contributed by atoms with Crippen molar-refractivity contribution in [1.82, 2.24) is 5.32 Å². The number of rotatable bonds is 6. The Morgan fingerprint density at radius 1 is 1.08 bits per heavy atom. The number of benzene rings is 2. The van der Waals surface area contributed by atoms with E-state index in [1.54, 1.807) is 24.3 Å². The van der Waals surface area contributed by atoms with Gasteiger partial charge < -0.3 is 5.32 Å². The molecule has 5 nitrogen and oxygen atoms in total. The summed E-state index contributed by atoms with van der Waals surface area (Å²) in [7, 11) is -1.84. The van der Waals surface area contributed by atoms with Crippen LogP contribution in [-0.2, 0) is 16.4 Å². The van der Waals surface area contributed by atoms with Gasteiger partial charge in [-0.2, -0.15) is 0 Å². The summed E-state index contributed by atoms with van der Waals surface area (Å²) in [6.07, 6.45) is 2.12. The topological polar surface area (TPSA) is 66.5 Å². The van der Waals surface area contributed by atoms with Crippen molar-refractivity contribution in [2.45, 2.75) is 26.3 Å². The first-order valence-electron chi connectivity index (χ1n) is 8.16. The third-order valence-electron chi connectivity index (χ3n) is 4.23. The highest BCUT2D eigenvalue weighted by atomic mass is 32.2. The summed E-state index contributed by atoms with van der Waals surface area (Å²) in [6.45, 7) is 4.04. The lowest BCUT2D eigenvalue weighted by Crippen LogP contribution is -2.27. The maximum atomic E-state index is 12.4. The molecule has 0 aliphatic heterocycles. The van der Waals surface area contributed by atoms with Gasteiger partial charge in [-0.15, -0.1) is 0 Å². The number of hydrogen-bond acceptors (Lipinski definition) is 3. The predicted molar refractivity (Wildman–Crippen MR) is 101 cm³/mol. The minimum atomic E-state index is -3.32. The smallest absolute Gasteiger partial charge is 0.251 e. The second-order valence-corrected chi connectivity index (χ2v) is 8.08. The number of amides is 1. The van der Waals surface area contributed by atoms with Crippen LogP contribution in [0.4, 0.5) is 5.69 Å². The molecule has 6 heteroatoms. The van der Waals surface area contributed by atoms with Gasteiger partial charge in [0, 0.05) is 12.6 Å². The Kier molecular flexibility index (Phi) is 5.85. The molecule has 0 heterocycles. The van der Waals surface area contributed by atoms with Gasteiger partial charge in [0.15, 0.2) is 0 Å². The Balaban J connectivity index is 2.07. The van der Waals surface area contributed by atoms with Gasteiger partial charge in [-0.25, -0.2) is 8.42 Å². The summed E-state index contributed by atoms with van der Waals surface area (Å²) in [5.41, 5.74) is 3.30. The van der Waals surface area contributed by atoms with Crippen molar-refractivity contribution in [3.63, 3.8) is 0 Å². The molecule has 2 aromatic carbocycles. The van der Waals surface area contributed by atoms with Gasteiger partial charge in [-0.3, -0.25) is 9.10 Å². The van der Waals surface area contributed by atoms with E-state index >= 15 is 0 Å². The second kappa shape index (κ2) is 7.70. The molecule has 0 saturated heterocycles. The van der Waals surface area contributed by atoms with Crippen LogP contribution in [0.1, 0.15) is 41.4 Å². The summed E-state index contributed by atoms with van der Waals surface area (Å²) < 4.78 is 24.3. The van der Waals surface area contributed by atoms with Gasteiger partial charge in [-0.05, 0) is 48.7 Å². The number of hydrogen-bond donors (Lipinski definition) is 1. The van der Waals surface area contributed by atoms with Gasteiger partial charge in [-0.1, -0.05) is 31.2 Å². The molecule has 2 aromatic rings. The molecule has 0 fully saturated rings. The number of carbonyl (C=O) groups is 1. The second-order valence-electron chi connectivity index (χ2n) is 6.07. The van der Waals surface area contributed by atoms with Crippen LogP contribution >= 0.6 is 0 Å². The zero-order valence-electron chi connectivity index (χ0n) is 15.0. The van der Waals surface area contributed by atoms with Crippen LogP contribution < -0.4 is 9.62 Å². The van der Waals surface area contributed by atoms with E-state index in [1.807, 2.05) is 19.1 Å². The Bertz CT molecular complexity index is 828. The molecule has 0 saturated carbocycles. The molecule has 2 rings (SSSR count). The van der Waals surface area contributed by atoms with E-state index in [1.165, 1.54) is 16.9 Å². The van der Waals surface area contributed by atoms with Crippen molar-refractivity contribution < 1.29 is 13.2 Å². The Hall–Kier alpha value is -2.34. The Labute approximate surface area is 149 Å². The maximum Gasteiger partial charge on any atom is 0.251 e. The molecule has 0 radical (unpaired) electrons. The van der Waals surface area contributed by atoms with Crippen molar-refractivity contribution in [2.75, 3.05) is 17.6 Å². The molecule has 1 amide bonds. The van der Waals surface area contributed by atoms with Crippen LogP contribution in [0.25, 0.3) is 0 Å². The molecule has 0 spiro atoms. The number of carbonyl (C=O) groups excluding carboxylic acids is 1. The van der Waals surface area contributed by atoms with Crippen LogP contribution in [-0.4, -0.2) is 27.6 Å². The number of nitrogens with zero attached hydrogens (tertiary/aromatic N) is 1. The van der Waals surface area contributed by atoms with Gasteiger partial charge in [0.25, 0.3) is 5.91 Å². The average Bonchev–Trinajstić information content (AvgIpc) is 2.60. The van der Waals surface area contributed by atoms with Gasteiger partial charge in [0.1, 0.15) is 0 Å². The van der Waals surface area contributed by atoms with E-state index in [0.717, 1.165) is 18.2 Å². The van der Waals surface area contributed by atoms with Crippen molar-refractivity contribution in [1.29, 1.82) is 0 Å². The van der Waals surface area contributed by atoms with Gasteiger partial charge >= 0.3 is 0 Å². The molecule has 1 N–H and O–H groups in total. The van der Waals surface area contributed by atoms with Crippen LogP contribution in [0.2, 0.25) is 0 Å². The third-order valence-corrected chi connectivity index (χ3v) is 5.43. The van der Waals surface area contributed by atoms with E-state index < -0.39 is 10.0 Å². The highest BCUT2D eigenvalue weighted by Gasteiger charge is 2.14. The fraction of sp³-hybridized carbons (Fsp3) is 0.316. The SMILES string of the molecule is CCc1ccc([C@@H](C)NC(=O)c2ccc(N(C)S(C)(=O)=O)cc2)cc1. The third kappa shape index (κ3) is 4.82. The monoisotopic (exact) mass is 360 g/mol. The van der Waals surface area contributed by atoms with Crippen LogP contribution in [0, 0.1) is 0 Å². The van der Waals surface area contributed by atoms with Crippen LogP contribution in [0.5, 0.6) is 0 Å². The number of nitrogens with one attached hydrogen (secondary N) is 1. The fourth-order valence-corrected chi connectivity index (χ4v) is 2.92. The van der Waals surface area contributed by atoms with Crippen molar-refractivity contribution in [3.05, 3.63) is 65.2 Å². The lowest BCUT2D eigenvalue weighted by Gasteiger charge is -2.17. The standard InChI is InChI=1S/C19H24N2O3S/c1-5-15-6-8-16(9-7-15)14(2)20-19(22)17-10-12-18(13-11-17)21(3)25(4,23)24/h6-14H,5H2,1-4H3,(H,20,22)/t14-/m1/s1. The van der Waals surface area contributed by atoms with Crippen LogP contribution in [0.3, 0.4) is 0 Å². The molecule has 0 bridgehead atoms. The summed E-state index contributed by atoms with van der Waals surface area (Å²) in [4.78, 5) is 12.4. The Morgan fingerprint density at radius 3 is 2.12 bits per heavy atom. The first-order valence-corrected chi connectivity index (χ1v) is 10.0. The minimum Gasteiger partial charge on any atom is -0.346 e. The number of sulfonamides is 1. The average molecular weight is 360 g/mol. The molecule has 0 aliphatic carbocycles. The quantitative estimate of drug-likeness (QED) is 0.861. The minimum absolute atomic E-state index is 0.114. The summed E-state index contributed by atoms with van der Waals surface area (Å²) in [5.74, 6) is -0.194. The van der Waals surface area contributed by atoms with Crippen molar-refractivity contribution in [2.24, 2.45) is 0 Å². The molecular formula is C19H24N2O3S. The number of aryl methyl sites for hydroxylation is 1. The first kappa shape index (κ1) is 19.0. The van der Waals surface area contributed by atoms with Crippen molar-refractivity contribution >= 4 is 21.6 Å². The van der Waals surface area contributed by atoms with E-state index in [-0.39, 0.29) is 11.9 Å². The van der Waals surface area contributed by atoms with Gasteiger partial charge in [0.05, 0.1) is 18.0 Å². The zero-order chi connectivity index (χ0) is 18.6. The van der Waals surface area contributed by atoms with E-state index in [4.69, 9.17) is 0 Å². The van der Waals surface area contributed by atoms with E-state index in [9.17, 15) is 13.2 Å². The number of anilines is 1. The molecule has 0 aromatic heterocycles. The highest BCUT2D eigenvalue weighted by molar-refractivity contribution is 7.92. The summed E-state index contributed by atoms with van der Waals surface area (Å²) in [5, 5.41) is 2.96. The lowest BCUT2D eigenvalue weighted by molar-refractivity contribution is 0.0940. The van der Waals surface area contributed by atoms with E-state index in [0.29, 0.717) is 11.3 Å². The highest BCUT2D eigenvalue weighted by Crippen LogP contribution is 2.18. The molecule has 25 heavy (non-hydrogen) atoms. The molecule has 134 valence electrons. The molecule has 0 aliphatic rings. The fourth-order valence-electron chi connectivity index (χ4n) is 2.42. The van der Waals surface area contributed by atoms with Gasteiger partial charge in [0.2, 0.25) is 10.0 Å². The maximum absolute atomic E-state index is 12.4. The first-order chi connectivity index (χ1) is 11.7. The molecule has 1 atom stereocenters. The summed E-state index contributed by atoms with van der Waals surface area (Å²) in [6, 6.07) is 14.5. The zero-order valence-corrected chi connectivity index (χ0v) is 15.8. The van der Waals surface area contributed by atoms with Crippen LogP contribution in [0.15, 0.2) is 48.5 Å². The summed E-state index contributed by atoms with van der Waals surface area (Å²) >= 11 is 0. The molecule has 0 unspecified atom stereocenters. The lowest BCUT2D eigenvalue weighted by atomic mass is 10.0. The molecular weight excluding hydrogens is 336 g/mol. The Morgan fingerprint density at radius 2 is 1.64 bits per heavy atom. The largest absolute Gasteiger partial charge is 0.346 e. The van der Waals surface area contributed by atoms with Crippen molar-refractivity contribution in [3.8, 4) is 0 Å². The predicted octanol–water partition coefficient (Wildman–Crippen LogP) is 3.14.